The Balaban J connectivity index is 1.59. The van der Waals surface area contributed by atoms with Crippen LogP contribution >= 0.6 is 15.9 Å². The second-order valence-electron chi connectivity index (χ2n) is 6.98. The van der Waals surface area contributed by atoms with Crippen molar-refractivity contribution in [1.29, 1.82) is 5.26 Å². The predicted octanol–water partition coefficient (Wildman–Crippen LogP) is 4.39. The summed E-state index contributed by atoms with van der Waals surface area (Å²) in [6.45, 7) is 0.188. The summed E-state index contributed by atoms with van der Waals surface area (Å²) in [7, 11) is 1.51. The van der Waals surface area contributed by atoms with Crippen LogP contribution in [0, 0.1) is 11.3 Å². The molecule has 172 valence electrons. The van der Waals surface area contributed by atoms with Gasteiger partial charge in [-0.05, 0) is 51.8 Å². The lowest BCUT2D eigenvalue weighted by atomic mass is 10.1. The SMILES string of the molecule is COc1cc(C=NNC(=O)CC(=O)Nc2ccccc2)cc(Br)c1OCc1ccccc1C#N. The molecule has 0 bridgehead atoms. The molecule has 0 aliphatic rings. The molecule has 0 aliphatic carbocycles. The minimum atomic E-state index is -0.549. The first-order valence-corrected chi connectivity index (χ1v) is 10.9. The fourth-order valence-electron chi connectivity index (χ4n) is 2.95. The number of anilines is 1. The molecule has 2 amide bonds. The van der Waals surface area contributed by atoms with Crippen LogP contribution in [0.3, 0.4) is 0 Å². The standard InChI is InChI=1S/C25H21BrN4O4/c1-33-22-12-17(11-21(26)25(22)34-16-19-8-6-5-7-18(19)14-27)15-28-30-24(32)13-23(31)29-20-9-3-2-4-10-20/h2-12,15H,13,16H2,1H3,(H,29,31)(H,30,32). The van der Waals surface area contributed by atoms with Crippen LogP contribution in [-0.2, 0) is 16.2 Å². The van der Waals surface area contributed by atoms with Crippen molar-refractivity contribution >= 4 is 39.6 Å². The first kappa shape index (κ1) is 24.5. The van der Waals surface area contributed by atoms with E-state index in [0.717, 1.165) is 5.56 Å². The van der Waals surface area contributed by atoms with E-state index in [1.54, 1.807) is 48.5 Å². The molecular weight excluding hydrogens is 500 g/mol. The van der Waals surface area contributed by atoms with E-state index >= 15 is 0 Å². The summed E-state index contributed by atoms with van der Waals surface area (Å²) in [5, 5.41) is 15.8. The molecule has 3 aromatic rings. The van der Waals surface area contributed by atoms with E-state index in [0.29, 0.717) is 32.8 Å². The Morgan fingerprint density at radius 3 is 2.56 bits per heavy atom. The Hall–Kier alpha value is -4.16. The van der Waals surface area contributed by atoms with Crippen LogP contribution in [-0.4, -0.2) is 25.1 Å². The maximum Gasteiger partial charge on any atom is 0.249 e. The van der Waals surface area contributed by atoms with Gasteiger partial charge in [0.2, 0.25) is 11.8 Å². The average Bonchev–Trinajstić information content (AvgIpc) is 2.83. The molecule has 2 N–H and O–H groups in total. The number of carbonyl (C=O) groups is 2. The van der Waals surface area contributed by atoms with Crippen molar-refractivity contribution in [2.75, 3.05) is 12.4 Å². The Morgan fingerprint density at radius 2 is 1.82 bits per heavy atom. The summed E-state index contributed by atoms with van der Waals surface area (Å²) in [5.74, 6) is -0.0811. The van der Waals surface area contributed by atoms with Crippen molar-refractivity contribution in [3.63, 3.8) is 0 Å². The summed E-state index contributed by atoms with van der Waals surface area (Å²) in [6.07, 6.45) is 1.06. The van der Waals surface area contributed by atoms with Crippen molar-refractivity contribution in [3.05, 3.63) is 87.9 Å². The number of hydrazone groups is 1. The van der Waals surface area contributed by atoms with Crippen LogP contribution in [0.1, 0.15) is 23.1 Å². The smallest absolute Gasteiger partial charge is 0.249 e. The van der Waals surface area contributed by atoms with Gasteiger partial charge in [-0.15, -0.1) is 0 Å². The molecule has 0 atom stereocenters. The van der Waals surface area contributed by atoms with Gasteiger partial charge in [-0.25, -0.2) is 5.43 Å². The number of ether oxygens (including phenoxy) is 2. The summed E-state index contributed by atoms with van der Waals surface area (Å²) in [4.78, 5) is 23.9. The molecule has 3 rings (SSSR count). The summed E-state index contributed by atoms with van der Waals surface area (Å²) in [6, 6.07) is 21.6. The topological polar surface area (TPSA) is 113 Å². The van der Waals surface area contributed by atoms with Gasteiger partial charge in [-0.1, -0.05) is 36.4 Å². The molecule has 0 saturated carbocycles. The largest absolute Gasteiger partial charge is 0.493 e. The third-order valence-electron chi connectivity index (χ3n) is 4.54. The number of hydrogen-bond donors (Lipinski definition) is 2. The second-order valence-corrected chi connectivity index (χ2v) is 7.83. The highest BCUT2D eigenvalue weighted by atomic mass is 79.9. The fourth-order valence-corrected chi connectivity index (χ4v) is 3.52. The number of methoxy groups -OCH3 is 1. The zero-order chi connectivity index (χ0) is 24.3. The number of nitrogens with zero attached hydrogens (tertiary/aromatic N) is 2. The summed E-state index contributed by atoms with van der Waals surface area (Å²) < 4.78 is 11.9. The molecule has 8 nitrogen and oxygen atoms in total. The van der Waals surface area contributed by atoms with Crippen molar-refractivity contribution < 1.29 is 19.1 Å². The highest BCUT2D eigenvalue weighted by Crippen LogP contribution is 2.37. The molecular formula is C25H21BrN4O4. The van der Waals surface area contributed by atoms with Gasteiger partial charge in [0.15, 0.2) is 11.5 Å². The van der Waals surface area contributed by atoms with E-state index in [4.69, 9.17) is 9.47 Å². The lowest BCUT2D eigenvalue weighted by Crippen LogP contribution is -2.24. The van der Waals surface area contributed by atoms with Gasteiger partial charge in [-0.2, -0.15) is 10.4 Å². The van der Waals surface area contributed by atoms with E-state index in [1.165, 1.54) is 13.3 Å². The minimum Gasteiger partial charge on any atom is -0.493 e. The lowest BCUT2D eigenvalue weighted by Gasteiger charge is -2.14. The molecule has 0 heterocycles. The van der Waals surface area contributed by atoms with Crippen molar-refractivity contribution in [2.45, 2.75) is 13.0 Å². The van der Waals surface area contributed by atoms with Crippen LogP contribution < -0.4 is 20.2 Å². The number of amides is 2. The predicted molar refractivity (Wildman–Crippen MR) is 132 cm³/mol. The number of halogens is 1. The summed E-state index contributed by atoms with van der Waals surface area (Å²) >= 11 is 3.46. The molecule has 0 saturated heterocycles. The molecule has 0 radical (unpaired) electrons. The fraction of sp³-hybridized carbons (Fsp3) is 0.120. The van der Waals surface area contributed by atoms with Gasteiger partial charge in [0.1, 0.15) is 13.0 Å². The number of benzene rings is 3. The second kappa shape index (κ2) is 12.2. The monoisotopic (exact) mass is 520 g/mol. The van der Waals surface area contributed by atoms with Gasteiger partial charge in [0.05, 0.1) is 29.4 Å². The Labute approximate surface area is 205 Å². The highest BCUT2D eigenvalue weighted by Gasteiger charge is 2.13. The van der Waals surface area contributed by atoms with E-state index in [-0.39, 0.29) is 13.0 Å². The average molecular weight is 521 g/mol. The van der Waals surface area contributed by atoms with Gasteiger partial charge < -0.3 is 14.8 Å². The van der Waals surface area contributed by atoms with E-state index in [2.05, 4.69) is 37.8 Å². The Kier molecular flexibility index (Phi) is 8.77. The number of nitriles is 1. The van der Waals surface area contributed by atoms with Gasteiger partial charge >= 0.3 is 0 Å². The number of carbonyl (C=O) groups excluding carboxylic acids is 2. The molecule has 0 fully saturated rings. The zero-order valence-electron chi connectivity index (χ0n) is 18.2. The van der Waals surface area contributed by atoms with Gasteiger partial charge in [-0.3, -0.25) is 9.59 Å². The number of para-hydroxylation sites is 1. The first-order chi connectivity index (χ1) is 16.5. The minimum absolute atomic E-state index is 0.188. The molecule has 9 heteroatoms. The van der Waals surface area contributed by atoms with E-state index in [9.17, 15) is 14.9 Å². The third kappa shape index (κ3) is 6.92. The maximum atomic E-state index is 12.0. The molecule has 0 aromatic heterocycles. The van der Waals surface area contributed by atoms with Crippen LogP contribution in [0.15, 0.2) is 76.3 Å². The van der Waals surface area contributed by atoms with Crippen LogP contribution in [0.25, 0.3) is 0 Å². The highest BCUT2D eigenvalue weighted by molar-refractivity contribution is 9.10. The van der Waals surface area contributed by atoms with Crippen molar-refractivity contribution in [3.8, 4) is 17.6 Å². The molecule has 3 aromatic carbocycles. The third-order valence-corrected chi connectivity index (χ3v) is 5.13. The first-order valence-electron chi connectivity index (χ1n) is 10.1. The van der Waals surface area contributed by atoms with Gasteiger partial charge in [0.25, 0.3) is 0 Å². The van der Waals surface area contributed by atoms with Crippen molar-refractivity contribution in [1.82, 2.24) is 5.43 Å². The van der Waals surface area contributed by atoms with Crippen molar-refractivity contribution in [2.24, 2.45) is 5.10 Å². The number of hydrogen-bond acceptors (Lipinski definition) is 6. The van der Waals surface area contributed by atoms with E-state index < -0.39 is 11.8 Å². The van der Waals surface area contributed by atoms with Crippen LogP contribution in [0.2, 0.25) is 0 Å². The van der Waals surface area contributed by atoms with Crippen LogP contribution in [0.4, 0.5) is 5.69 Å². The maximum absolute atomic E-state index is 12.0. The molecule has 0 aliphatic heterocycles. The number of nitrogens with one attached hydrogen (secondary N) is 2. The molecule has 34 heavy (non-hydrogen) atoms. The Bertz CT molecular complexity index is 1240. The van der Waals surface area contributed by atoms with Gasteiger partial charge in [0, 0.05) is 11.3 Å². The lowest BCUT2D eigenvalue weighted by molar-refractivity contribution is -0.126. The quantitative estimate of drug-likeness (QED) is 0.247. The normalized spacial score (nSPS) is 10.4. The number of rotatable bonds is 9. The zero-order valence-corrected chi connectivity index (χ0v) is 19.8. The van der Waals surface area contributed by atoms with Crippen LogP contribution in [0.5, 0.6) is 11.5 Å². The molecule has 0 unspecified atom stereocenters. The molecule has 0 spiro atoms. The summed E-state index contributed by atoms with van der Waals surface area (Å²) in [5.41, 5.74) is 4.86. The van der Waals surface area contributed by atoms with E-state index in [1.807, 2.05) is 18.2 Å². The Morgan fingerprint density at radius 1 is 1.09 bits per heavy atom.